The van der Waals surface area contributed by atoms with E-state index < -0.39 is 0 Å². The van der Waals surface area contributed by atoms with Crippen molar-refractivity contribution in [2.75, 3.05) is 0 Å². The number of para-hydroxylation sites is 1. The van der Waals surface area contributed by atoms with Gasteiger partial charge in [-0.25, -0.2) is 4.39 Å². The molecule has 2 aromatic heterocycles. The molecule has 6 heteroatoms. The van der Waals surface area contributed by atoms with Crippen molar-refractivity contribution in [2.45, 2.75) is 13.8 Å². The van der Waals surface area contributed by atoms with Crippen molar-refractivity contribution < 1.29 is 34.4 Å². The minimum Gasteiger partial charge on any atom is -0.512 e. The maximum atomic E-state index is 14.5. The summed E-state index contributed by atoms with van der Waals surface area (Å²) in [4.78, 5) is 14.8. The molecule has 0 saturated carbocycles. The molecule has 0 fully saturated rings. The van der Waals surface area contributed by atoms with E-state index in [4.69, 9.17) is 10.1 Å². The fourth-order valence-corrected chi connectivity index (χ4v) is 4.38. The third-order valence-corrected chi connectivity index (χ3v) is 5.62. The number of nitrogens with zero attached hydrogens (tertiary/aromatic N) is 1. The SMILES string of the molecule is CC(=O)/C=C(/C)O.Fc1cc(-c2nc3ccccc3c3ccsc23)[c-]c2ccccc12.[Ir]. The number of allylic oxidation sites excluding steroid dienone is 2. The molecule has 0 unspecified atom stereocenters. The molecule has 3 nitrogen and oxygen atoms in total. The number of thiophene rings is 1. The fourth-order valence-electron chi connectivity index (χ4n) is 3.47. The molecule has 1 radical (unpaired) electrons. The van der Waals surface area contributed by atoms with E-state index in [1.165, 1.54) is 19.9 Å². The van der Waals surface area contributed by atoms with Crippen LogP contribution in [0.5, 0.6) is 0 Å². The summed E-state index contributed by atoms with van der Waals surface area (Å²) in [7, 11) is 0. The molecule has 1 N–H and O–H groups in total. The number of halogens is 1. The first-order valence-electron chi connectivity index (χ1n) is 9.69. The Morgan fingerprint density at radius 2 is 1.72 bits per heavy atom. The smallest absolute Gasteiger partial charge is 0.155 e. The molecule has 3 aromatic carbocycles. The first-order chi connectivity index (χ1) is 14.9. The van der Waals surface area contributed by atoms with Gasteiger partial charge < -0.3 is 5.11 Å². The second kappa shape index (κ2) is 10.1. The van der Waals surface area contributed by atoms with Gasteiger partial charge in [0.1, 0.15) is 0 Å². The third kappa shape index (κ3) is 4.94. The summed E-state index contributed by atoms with van der Waals surface area (Å²) in [6, 6.07) is 22.4. The summed E-state index contributed by atoms with van der Waals surface area (Å²) in [5.74, 6) is -0.300. The summed E-state index contributed by atoms with van der Waals surface area (Å²) in [6.45, 7) is 2.85. The van der Waals surface area contributed by atoms with Crippen LogP contribution in [-0.2, 0) is 24.9 Å². The van der Waals surface area contributed by atoms with Gasteiger partial charge in [-0.05, 0) is 36.7 Å². The summed E-state index contributed by atoms with van der Waals surface area (Å²) in [5.41, 5.74) is 2.41. The predicted octanol–water partition coefficient (Wildman–Crippen LogP) is 7.24. The number of aliphatic hydroxyl groups excluding tert-OH is 1. The molecule has 0 spiro atoms. The van der Waals surface area contributed by atoms with Crippen LogP contribution in [0.15, 0.2) is 77.9 Å². The monoisotopic (exact) mass is 621 g/mol. The van der Waals surface area contributed by atoms with E-state index >= 15 is 0 Å². The average Bonchev–Trinajstić information content (AvgIpc) is 3.23. The molecule has 5 rings (SSSR count). The summed E-state index contributed by atoms with van der Waals surface area (Å²) < 4.78 is 15.6. The zero-order valence-corrected chi connectivity index (χ0v) is 20.6. The van der Waals surface area contributed by atoms with E-state index in [1.807, 2.05) is 36.4 Å². The van der Waals surface area contributed by atoms with Crippen LogP contribution >= 0.6 is 11.3 Å². The minimum atomic E-state index is -0.237. The number of ketones is 1. The number of pyridine rings is 1. The normalized spacial score (nSPS) is 11.2. The Morgan fingerprint density at radius 1 is 1.03 bits per heavy atom. The van der Waals surface area contributed by atoms with E-state index in [-0.39, 0.29) is 37.5 Å². The molecule has 0 aliphatic rings. The Morgan fingerprint density at radius 3 is 2.41 bits per heavy atom. The van der Waals surface area contributed by atoms with E-state index in [1.54, 1.807) is 23.5 Å². The molecule has 32 heavy (non-hydrogen) atoms. The molecule has 0 saturated heterocycles. The Hall–Kier alpha value is -2.92. The first kappa shape index (κ1) is 23.7. The number of aliphatic hydroxyl groups is 1. The van der Waals surface area contributed by atoms with Crippen molar-refractivity contribution in [3.05, 3.63) is 89.8 Å². The van der Waals surface area contributed by atoms with Gasteiger partial charge in [0.25, 0.3) is 0 Å². The molecule has 0 amide bonds. The maximum absolute atomic E-state index is 14.5. The Bertz CT molecular complexity index is 1450. The summed E-state index contributed by atoms with van der Waals surface area (Å²) in [5, 5.41) is 14.1. The van der Waals surface area contributed by atoms with Gasteiger partial charge in [0.2, 0.25) is 0 Å². The van der Waals surface area contributed by atoms with Gasteiger partial charge in [-0.3, -0.25) is 9.78 Å². The molecule has 2 heterocycles. The number of rotatable bonds is 2. The average molecular weight is 621 g/mol. The van der Waals surface area contributed by atoms with Crippen LogP contribution in [0.3, 0.4) is 0 Å². The number of fused-ring (bicyclic) bond motifs is 4. The fraction of sp³-hybridized carbons (Fsp3) is 0.0769. The van der Waals surface area contributed by atoms with Crippen molar-refractivity contribution >= 4 is 48.9 Å². The summed E-state index contributed by atoms with van der Waals surface area (Å²) >= 11 is 1.63. The van der Waals surface area contributed by atoms with Gasteiger partial charge in [0, 0.05) is 42.0 Å². The van der Waals surface area contributed by atoms with Gasteiger partial charge in [0.05, 0.1) is 17.1 Å². The zero-order valence-electron chi connectivity index (χ0n) is 17.4. The predicted molar refractivity (Wildman–Crippen MR) is 126 cm³/mol. The summed E-state index contributed by atoms with van der Waals surface area (Å²) in [6.07, 6.45) is 1.17. The van der Waals surface area contributed by atoms with E-state index in [0.717, 1.165) is 32.1 Å². The standard InChI is InChI=1S/C21H11FNS.C5H8O2.Ir/c22-18-12-14(11-13-5-1-2-6-15(13)18)20-21-17(9-10-24-21)16-7-3-4-8-19(16)23-20;1-4(6)3-5(2)7;/h1-10,12H;3,6H,1-2H3;/q-1;;/b;4-3-;. The van der Waals surface area contributed by atoms with Gasteiger partial charge >= 0.3 is 0 Å². The Balaban J connectivity index is 0.000000318. The van der Waals surface area contributed by atoms with Crippen LogP contribution in [0.25, 0.3) is 43.0 Å². The van der Waals surface area contributed by atoms with Gasteiger partial charge in [-0.1, -0.05) is 53.4 Å². The topological polar surface area (TPSA) is 50.2 Å². The van der Waals surface area contributed by atoms with Crippen LogP contribution in [0.1, 0.15) is 13.8 Å². The maximum Gasteiger partial charge on any atom is 0.155 e. The molecule has 0 atom stereocenters. The molecule has 0 aliphatic carbocycles. The van der Waals surface area contributed by atoms with E-state index in [9.17, 15) is 9.18 Å². The van der Waals surface area contributed by atoms with Crippen LogP contribution in [0.2, 0.25) is 0 Å². The quantitative estimate of drug-likeness (QED) is 0.129. The molecule has 163 valence electrons. The van der Waals surface area contributed by atoms with Crippen molar-refractivity contribution in [3.63, 3.8) is 0 Å². The zero-order chi connectivity index (χ0) is 22.0. The van der Waals surface area contributed by atoms with Gasteiger partial charge in [0.15, 0.2) is 5.78 Å². The van der Waals surface area contributed by atoms with E-state index in [0.29, 0.717) is 10.9 Å². The number of aromatic nitrogens is 1. The largest absolute Gasteiger partial charge is 0.512 e. The minimum absolute atomic E-state index is 0. The Kier molecular flexibility index (Phi) is 7.52. The second-order valence-corrected chi connectivity index (χ2v) is 8.03. The number of benzene rings is 3. The van der Waals surface area contributed by atoms with Crippen molar-refractivity contribution in [2.24, 2.45) is 0 Å². The number of hydrogen-bond donors (Lipinski definition) is 1. The molecule has 0 aliphatic heterocycles. The van der Waals surface area contributed by atoms with Crippen molar-refractivity contribution in [3.8, 4) is 11.3 Å². The van der Waals surface area contributed by atoms with Gasteiger partial charge in [-0.15, -0.1) is 28.9 Å². The van der Waals surface area contributed by atoms with Gasteiger partial charge in [-0.2, -0.15) is 0 Å². The van der Waals surface area contributed by atoms with Crippen molar-refractivity contribution in [1.82, 2.24) is 4.98 Å². The molecule has 5 aromatic rings. The molecular formula is C26H19FIrNO2S-. The second-order valence-electron chi connectivity index (χ2n) is 7.11. The number of hydrogen-bond acceptors (Lipinski definition) is 4. The molecular weight excluding hydrogens is 602 g/mol. The van der Waals surface area contributed by atoms with Crippen LogP contribution in [0, 0.1) is 11.9 Å². The third-order valence-electron chi connectivity index (χ3n) is 4.70. The van der Waals surface area contributed by atoms with Crippen LogP contribution in [-0.4, -0.2) is 15.9 Å². The first-order valence-corrected chi connectivity index (χ1v) is 10.6. The Labute approximate surface area is 202 Å². The number of carbonyl (C=O) groups excluding carboxylic acids is 1. The number of carbonyl (C=O) groups is 1. The van der Waals surface area contributed by atoms with Crippen molar-refractivity contribution in [1.29, 1.82) is 0 Å². The molecule has 0 bridgehead atoms. The van der Waals surface area contributed by atoms with Crippen LogP contribution < -0.4 is 0 Å². The van der Waals surface area contributed by atoms with Crippen LogP contribution in [0.4, 0.5) is 4.39 Å². The van der Waals surface area contributed by atoms with E-state index in [2.05, 4.69) is 23.6 Å².